The van der Waals surface area contributed by atoms with E-state index in [9.17, 15) is 4.79 Å². The molecule has 20 heavy (non-hydrogen) atoms. The molecule has 0 aliphatic heterocycles. The largest absolute Gasteiger partial charge is 0.496 e. The lowest BCUT2D eigenvalue weighted by Crippen LogP contribution is -2.08. The lowest BCUT2D eigenvalue weighted by molar-refractivity contribution is 0.0991. The van der Waals surface area contributed by atoms with Crippen LogP contribution in [0.4, 0.5) is 0 Å². The smallest absolute Gasteiger partial charge is 0.170 e. The fourth-order valence-electron chi connectivity index (χ4n) is 2.07. The molecule has 0 saturated carbocycles. The number of carbonyl (C=O) groups is 1. The summed E-state index contributed by atoms with van der Waals surface area (Å²) in [5.41, 5.74) is 3.17. The van der Waals surface area contributed by atoms with Crippen molar-refractivity contribution in [1.82, 2.24) is 9.97 Å². The number of nitrogens with zero attached hydrogens (tertiary/aromatic N) is 2. The fourth-order valence-corrected chi connectivity index (χ4v) is 2.43. The van der Waals surface area contributed by atoms with Gasteiger partial charge in [0.05, 0.1) is 19.2 Å². The van der Waals surface area contributed by atoms with Crippen molar-refractivity contribution in [2.45, 2.75) is 20.3 Å². The topological polar surface area (TPSA) is 52.1 Å². The van der Waals surface area contributed by atoms with Gasteiger partial charge < -0.3 is 4.74 Å². The summed E-state index contributed by atoms with van der Waals surface area (Å²) in [6, 6.07) is 1.76. The molecule has 0 atom stereocenters. The van der Waals surface area contributed by atoms with Crippen LogP contribution in [0.2, 0.25) is 0 Å². The van der Waals surface area contributed by atoms with Crippen LogP contribution in [-0.2, 0) is 6.42 Å². The summed E-state index contributed by atoms with van der Waals surface area (Å²) in [5, 5.41) is 0. The molecule has 4 nitrogen and oxygen atoms in total. The Balaban J connectivity index is 2.29. The number of ketones is 1. The van der Waals surface area contributed by atoms with Gasteiger partial charge in [0, 0.05) is 39.8 Å². The van der Waals surface area contributed by atoms with Crippen LogP contribution in [0.15, 0.2) is 29.1 Å². The average molecular weight is 335 g/mol. The van der Waals surface area contributed by atoms with Gasteiger partial charge in [0.1, 0.15) is 5.75 Å². The molecule has 104 valence electrons. The summed E-state index contributed by atoms with van der Waals surface area (Å²) in [6.45, 7) is 3.85. The third-order valence-corrected chi connectivity index (χ3v) is 3.54. The second-order valence-electron chi connectivity index (χ2n) is 4.54. The molecule has 0 fully saturated rings. The van der Waals surface area contributed by atoms with Gasteiger partial charge in [-0.1, -0.05) is 0 Å². The molecule has 0 bridgehead atoms. The quantitative estimate of drug-likeness (QED) is 0.805. The molecule has 0 unspecified atom stereocenters. The molecule has 0 saturated heterocycles. The maximum Gasteiger partial charge on any atom is 0.170 e. The molecular weight excluding hydrogens is 320 g/mol. The van der Waals surface area contributed by atoms with Crippen LogP contribution in [0.25, 0.3) is 0 Å². The van der Waals surface area contributed by atoms with Gasteiger partial charge in [0.15, 0.2) is 5.78 Å². The zero-order valence-corrected chi connectivity index (χ0v) is 13.2. The second-order valence-corrected chi connectivity index (χ2v) is 5.45. The molecule has 2 rings (SSSR count). The third-order valence-electron chi connectivity index (χ3n) is 3.10. The van der Waals surface area contributed by atoms with Crippen LogP contribution in [0, 0.1) is 13.8 Å². The summed E-state index contributed by atoms with van der Waals surface area (Å²) < 4.78 is 6.14. The number of methoxy groups -OCH3 is 1. The highest BCUT2D eigenvalue weighted by molar-refractivity contribution is 9.10. The number of Topliss-reactive ketones (excluding diaryl/α,β-unsaturated/α-hetero) is 1. The van der Waals surface area contributed by atoms with Crippen molar-refractivity contribution in [3.05, 3.63) is 51.5 Å². The Morgan fingerprint density at radius 2 is 2.05 bits per heavy atom. The van der Waals surface area contributed by atoms with Gasteiger partial charge in [-0.15, -0.1) is 0 Å². The Morgan fingerprint density at radius 1 is 1.30 bits per heavy atom. The van der Waals surface area contributed by atoms with E-state index in [0.717, 1.165) is 27.0 Å². The van der Waals surface area contributed by atoms with Crippen molar-refractivity contribution in [3.63, 3.8) is 0 Å². The predicted octanol–water partition coefficient (Wildman–Crippen LogP) is 3.29. The van der Waals surface area contributed by atoms with Crippen molar-refractivity contribution in [1.29, 1.82) is 0 Å². The highest BCUT2D eigenvalue weighted by Crippen LogP contribution is 2.24. The lowest BCUT2D eigenvalue weighted by atomic mass is 10.0. The molecular formula is C15H15BrN2O2. The van der Waals surface area contributed by atoms with Gasteiger partial charge in [-0.05, 0) is 35.8 Å². The van der Waals surface area contributed by atoms with Crippen molar-refractivity contribution < 1.29 is 9.53 Å². The van der Waals surface area contributed by atoms with Crippen LogP contribution in [-0.4, -0.2) is 22.9 Å². The number of rotatable bonds is 4. The maximum absolute atomic E-state index is 12.3. The van der Waals surface area contributed by atoms with Gasteiger partial charge in [-0.2, -0.15) is 0 Å². The number of pyridine rings is 2. The molecule has 0 aliphatic carbocycles. The van der Waals surface area contributed by atoms with Crippen molar-refractivity contribution in [3.8, 4) is 5.75 Å². The van der Waals surface area contributed by atoms with Crippen LogP contribution < -0.4 is 4.74 Å². The number of carbonyl (C=O) groups excluding carboxylic acids is 1. The molecule has 0 N–H and O–H groups in total. The number of ether oxygens (including phenoxy) is 1. The molecule has 0 aliphatic rings. The Bertz CT molecular complexity index is 656. The minimum absolute atomic E-state index is 0.0136. The van der Waals surface area contributed by atoms with E-state index in [1.165, 1.54) is 0 Å². The summed E-state index contributed by atoms with van der Waals surface area (Å²) in [7, 11) is 1.62. The first-order valence-corrected chi connectivity index (χ1v) is 6.95. The van der Waals surface area contributed by atoms with Crippen LogP contribution in [0.5, 0.6) is 5.75 Å². The van der Waals surface area contributed by atoms with Gasteiger partial charge >= 0.3 is 0 Å². The van der Waals surface area contributed by atoms with E-state index in [1.54, 1.807) is 31.8 Å². The molecule has 2 aromatic heterocycles. The summed E-state index contributed by atoms with van der Waals surface area (Å²) in [5.74, 6) is 0.774. The molecule has 0 amide bonds. The molecule has 5 heteroatoms. The van der Waals surface area contributed by atoms with Gasteiger partial charge in [0.2, 0.25) is 0 Å². The molecule has 0 radical (unpaired) electrons. The zero-order chi connectivity index (χ0) is 14.7. The predicted molar refractivity (Wildman–Crippen MR) is 80.2 cm³/mol. The van der Waals surface area contributed by atoms with Gasteiger partial charge in [-0.3, -0.25) is 14.8 Å². The molecule has 2 aromatic rings. The maximum atomic E-state index is 12.3. The van der Waals surface area contributed by atoms with Crippen molar-refractivity contribution in [2.75, 3.05) is 7.11 Å². The fraction of sp³-hybridized carbons (Fsp3) is 0.267. The summed E-state index contributed by atoms with van der Waals surface area (Å²) in [6.07, 6.45) is 5.18. The summed E-state index contributed by atoms with van der Waals surface area (Å²) >= 11 is 3.31. The SMILES string of the molecule is COc1c(C)cnc(CC(=O)c2cncc(Br)c2)c1C. The molecule has 0 aromatic carbocycles. The first-order chi connectivity index (χ1) is 9.52. The summed E-state index contributed by atoms with van der Waals surface area (Å²) in [4.78, 5) is 20.6. The van der Waals surface area contributed by atoms with Gasteiger partial charge in [-0.25, -0.2) is 0 Å². The van der Waals surface area contributed by atoms with E-state index in [0.29, 0.717) is 5.56 Å². The number of aromatic nitrogens is 2. The Kier molecular flexibility index (Phi) is 4.49. The van der Waals surface area contributed by atoms with E-state index < -0.39 is 0 Å². The van der Waals surface area contributed by atoms with E-state index in [2.05, 4.69) is 25.9 Å². The van der Waals surface area contributed by atoms with Crippen molar-refractivity contribution >= 4 is 21.7 Å². The zero-order valence-electron chi connectivity index (χ0n) is 11.6. The van der Waals surface area contributed by atoms with E-state index in [4.69, 9.17) is 4.74 Å². The first-order valence-electron chi connectivity index (χ1n) is 6.15. The Hall–Kier alpha value is -1.75. The minimum Gasteiger partial charge on any atom is -0.496 e. The number of hydrogen-bond donors (Lipinski definition) is 0. The molecule has 2 heterocycles. The van der Waals surface area contributed by atoms with Crippen molar-refractivity contribution in [2.24, 2.45) is 0 Å². The van der Waals surface area contributed by atoms with E-state index in [-0.39, 0.29) is 12.2 Å². The Labute approximate surface area is 126 Å². The minimum atomic E-state index is -0.0136. The highest BCUT2D eigenvalue weighted by Gasteiger charge is 2.14. The molecule has 0 spiro atoms. The standard InChI is InChI=1S/C15H15BrN2O2/c1-9-6-18-13(10(2)15(9)20-3)5-14(19)11-4-12(16)8-17-7-11/h4,6-8H,5H2,1-3H3. The van der Waals surface area contributed by atoms with Crippen LogP contribution >= 0.6 is 15.9 Å². The lowest BCUT2D eigenvalue weighted by Gasteiger charge is -2.11. The van der Waals surface area contributed by atoms with E-state index in [1.807, 2.05) is 13.8 Å². The number of aryl methyl sites for hydroxylation is 1. The monoisotopic (exact) mass is 334 g/mol. The average Bonchev–Trinajstić information content (AvgIpc) is 2.42. The number of halogens is 1. The first kappa shape index (κ1) is 14.7. The third kappa shape index (κ3) is 3.04. The van der Waals surface area contributed by atoms with Crippen LogP contribution in [0.3, 0.4) is 0 Å². The van der Waals surface area contributed by atoms with Gasteiger partial charge in [0.25, 0.3) is 0 Å². The second kappa shape index (κ2) is 6.13. The van der Waals surface area contributed by atoms with Crippen LogP contribution in [0.1, 0.15) is 27.2 Å². The Morgan fingerprint density at radius 3 is 2.70 bits per heavy atom. The normalized spacial score (nSPS) is 10.4. The number of hydrogen-bond acceptors (Lipinski definition) is 4. The van der Waals surface area contributed by atoms with E-state index >= 15 is 0 Å². The highest BCUT2D eigenvalue weighted by atomic mass is 79.9.